The van der Waals surface area contributed by atoms with Crippen molar-refractivity contribution >= 4 is 24.0 Å². The maximum atomic E-state index is 12.2. The lowest BCUT2D eigenvalue weighted by atomic mass is 10.0. The van der Waals surface area contributed by atoms with Crippen molar-refractivity contribution in [3.63, 3.8) is 0 Å². The van der Waals surface area contributed by atoms with Crippen molar-refractivity contribution in [1.29, 1.82) is 0 Å². The molecule has 0 bridgehead atoms. The van der Waals surface area contributed by atoms with E-state index < -0.39 is 0 Å². The second-order valence-corrected chi connectivity index (χ2v) is 5.66. The molecule has 0 fully saturated rings. The van der Waals surface area contributed by atoms with Gasteiger partial charge in [0.15, 0.2) is 0 Å². The van der Waals surface area contributed by atoms with Gasteiger partial charge >= 0.3 is 0 Å². The van der Waals surface area contributed by atoms with E-state index in [0.29, 0.717) is 12.3 Å². The third-order valence-electron chi connectivity index (χ3n) is 3.64. The standard InChI is InChI=1S/C17H28N2O.ClH/c1-14(2)15-9-8-10-16(13-15)19(3)17(20)11-6-4-5-7-12-18;/h8-10,13-14H,4-7,11-12,18H2,1-3H3;1H. The zero-order chi connectivity index (χ0) is 15.0. The van der Waals surface area contributed by atoms with Crippen molar-refractivity contribution in [3.05, 3.63) is 29.8 Å². The maximum absolute atomic E-state index is 12.2. The minimum absolute atomic E-state index is 0. The Morgan fingerprint density at radius 1 is 1.19 bits per heavy atom. The second-order valence-electron chi connectivity index (χ2n) is 5.66. The monoisotopic (exact) mass is 312 g/mol. The summed E-state index contributed by atoms with van der Waals surface area (Å²) in [6.45, 7) is 5.08. The molecule has 21 heavy (non-hydrogen) atoms. The first-order valence-corrected chi connectivity index (χ1v) is 7.63. The number of nitrogens with zero attached hydrogens (tertiary/aromatic N) is 1. The van der Waals surface area contributed by atoms with Crippen molar-refractivity contribution in [2.45, 2.75) is 51.9 Å². The number of carbonyl (C=O) groups excluding carboxylic acids is 1. The van der Waals surface area contributed by atoms with E-state index in [1.54, 1.807) is 4.90 Å². The van der Waals surface area contributed by atoms with Crippen molar-refractivity contribution in [1.82, 2.24) is 0 Å². The Labute approximate surface area is 135 Å². The third-order valence-corrected chi connectivity index (χ3v) is 3.64. The SMILES string of the molecule is CC(C)c1cccc(N(C)C(=O)CCCCCCN)c1.Cl. The quantitative estimate of drug-likeness (QED) is 0.734. The zero-order valence-corrected chi connectivity index (χ0v) is 14.3. The Kier molecular flexibility index (Phi) is 10.1. The van der Waals surface area contributed by atoms with Crippen LogP contribution in [0.2, 0.25) is 0 Å². The van der Waals surface area contributed by atoms with Crippen LogP contribution in [0.1, 0.15) is 57.4 Å². The van der Waals surface area contributed by atoms with Gasteiger partial charge in [-0.1, -0.05) is 38.8 Å². The number of amides is 1. The van der Waals surface area contributed by atoms with E-state index >= 15 is 0 Å². The number of rotatable bonds is 8. The van der Waals surface area contributed by atoms with E-state index in [9.17, 15) is 4.79 Å². The summed E-state index contributed by atoms with van der Waals surface area (Å²) >= 11 is 0. The molecule has 0 aliphatic rings. The summed E-state index contributed by atoms with van der Waals surface area (Å²) in [6, 6.07) is 8.24. The lowest BCUT2D eigenvalue weighted by Crippen LogP contribution is -2.25. The number of unbranched alkanes of at least 4 members (excludes halogenated alkanes) is 3. The highest BCUT2D eigenvalue weighted by Crippen LogP contribution is 2.21. The maximum Gasteiger partial charge on any atom is 0.226 e. The summed E-state index contributed by atoms with van der Waals surface area (Å²) in [6.07, 6.45) is 4.83. The lowest BCUT2D eigenvalue weighted by molar-refractivity contribution is -0.118. The average Bonchev–Trinajstić information content (AvgIpc) is 2.46. The van der Waals surface area contributed by atoms with Gasteiger partial charge < -0.3 is 10.6 Å². The Morgan fingerprint density at radius 3 is 2.48 bits per heavy atom. The fourth-order valence-corrected chi connectivity index (χ4v) is 2.18. The number of nitrogens with two attached hydrogens (primary N) is 1. The predicted octanol–water partition coefficient (Wildman–Crippen LogP) is 4.10. The van der Waals surface area contributed by atoms with Gasteiger partial charge in [-0.05, 0) is 43.0 Å². The normalized spacial score (nSPS) is 10.3. The van der Waals surface area contributed by atoms with E-state index in [1.807, 2.05) is 19.2 Å². The molecule has 1 aromatic rings. The minimum Gasteiger partial charge on any atom is -0.330 e. The summed E-state index contributed by atoms with van der Waals surface area (Å²) in [5.41, 5.74) is 7.72. The summed E-state index contributed by atoms with van der Waals surface area (Å²) in [5.74, 6) is 0.674. The minimum atomic E-state index is 0. The van der Waals surface area contributed by atoms with Crippen LogP contribution in [0.3, 0.4) is 0 Å². The van der Waals surface area contributed by atoms with Crippen LogP contribution >= 0.6 is 12.4 Å². The van der Waals surface area contributed by atoms with Crippen LogP contribution in [0.4, 0.5) is 5.69 Å². The molecule has 0 radical (unpaired) electrons. The fourth-order valence-electron chi connectivity index (χ4n) is 2.18. The predicted molar refractivity (Wildman–Crippen MR) is 93.3 cm³/mol. The first-order chi connectivity index (χ1) is 9.56. The second kappa shape index (κ2) is 10.6. The van der Waals surface area contributed by atoms with Gasteiger partial charge in [-0.15, -0.1) is 12.4 Å². The first kappa shape index (κ1) is 19.9. The molecule has 4 heteroatoms. The Morgan fingerprint density at radius 2 is 1.86 bits per heavy atom. The van der Waals surface area contributed by atoms with Crippen LogP contribution in [0.5, 0.6) is 0 Å². The molecule has 2 N–H and O–H groups in total. The molecule has 0 heterocycles. The van der Waals surface area contributed by atoms with Crippen molar-refractivity contribution in [2.75, 3.05) is 18.5 Å². The summed E-state index contributed by atoms with van der Waals surface area (Å²) < 4.78 is 0. The number of halogens is 1. The number of hydrogen-bond acceptors (Lipinski definition) is 2. The average molecular weight is 313 g/mol. The van der Waals surface area contributed by atoms with Crippen LogP contribution in [-0.2, 0) is 4.79 Å². The molecule has 0 spiro atoms. The summed E-state index contributed by atoms with van der Waals surface area (Å²) in [7, 11) is 1.86. The fraction of sp³-hybridized carbons (Fsp3) is 0.588. The molecule has 0 aliphatic heterocycles. The van der Waals surface area contributed by atoms with Crippen molar-refractivity contribution in [2.24, 2.45) is 5.73 Å². The van der Waals surface area contributed by atoms with Gasteiger partial charge in [0.25, 0.3) is 0 Å². The van der Waals surface area contributed by atoms with Gasteiger partial charge in [-0.2, -0.15) is 0 Å². The van der Waals surface area contributed by atoms with Crippen molar-refractivity contribution < 1.29 is 4.79 Å². The molecule has 120 valence electrons. The molecule has 0 aromatic heterocycles. The van der Waals surface area contributed by atoms with Crippen LogP contribution < -0.4 is 10.6 Å². The number of hydrogen-bond donors (Lipinski definition) is 1. The molecule has 0 saturated carbocycles. The number of benzene rings is 1. The molecule has 0 atom stereocenters. The number of carbonyl (C=O) groups is 1. The molecule has 0 aliphatic carbocycles. The smallest absolute Gasteiger partial charge is 0.226 e. The Bertz CT molecular complexity index is 421. The third kappa shape index (κ3) is 6.96. The van der Waals surface area contributed by atoms with Crippen LogP contribution in [-0.4, -0.2) is 19.5 Å². The molecule has 1 rings (SSSR count). The van der Waals surface area contributed by atoms with Crippen LogP contribution in [0, 0.1) is 0 Å². The molecule has 1 aromatic carbocycles. The van der Waals surface area contributed by atoms with E-state index in [4.69, 9.17) is 5.73 Å². The Balaban J connectivity index is 0.00000400. The topological polar surface area (TPSA) is 46.3 Å². The lowest BCUT2D eigenvalue weighted by Gasteiger charge is -2.19. The van der Waals surface area contributed by atoms with Crippen molar-refractivity contribution in [3.8, 4) is 0 Å². The van der Waals surface area contributed by atoms with Gasteiger partial charge in [0.2, 0.25) is 5.91 Å². The van der Waals surface area contributed by atoms with E-state index in [2.05, 4.69) is 26.0 Å². The van der Waals surface area contributed by atoms with Gasteiger partial charge in [0.1, 0.15) is 0 Å². The largest absolute Gasteiger partial charge is 0.330 e. The summed E-state index contributed by atoms with van der Waals surface area (Å²) in [4.78, 5) is 13.9. The first-order valence-electron chi connectivity index (χ1n) is 7.63. The van der Waals surface area contributed by atoms with Gasteiger partial charge in [-0.25, -0.2) is 0 Å². The summed E-state index contributed by atoms with van der Waals surface area (Å²) in [5, 5.41) is 0. The van der Waals surface area contributed by atoms with Crippen LogP contribution in [0.15, 0.2) is 24.3 Å². The molecular formula is C17H29ClN2O. The Hall–Kier alpha value is -1.06. The molecule has 3 nitrogen and oxygen atoms in total. The molecule has 0 saturated heterocycles. The molecular weight excluding hydrogens is 284 g/mol. The van der Waals surface area contributed by atoms with E-state index in [1.165, 1.54) is 5.56 Å². The highest BCUT2D eigenvalue weighted by molar-refractivity contribution is 5.92. The van der Waals surface area contributed by atoms with E-state index in [0.717, 1.165) is 37.9 Å². The van der Waals surface area contributed by atoms with Gasteiger partial charge in [0.05, 0.1) is 0 Å². The van der Waals surface area contributed by atoms with Crippen LogP contribution in [0.25, 0.3) is 0 Å². The van der Waals surface area contributed by atoms with Gasteiger partial charge in [-0.3, -0.25) is 4.79 Å². The highest BCUT2D eigenvalue weighted by Gasteiger charge is 2.11. The number of anilines is 1. The van der Waals surface area contributed by atoms with E-state index in [-0.39, 0.29) is 18.3 Å². The van der Waals surface area contributed by atoms with Gasteiger partial charge in [0, 0.05) is 19.2 Å². The molecule has 1 amide bonds. The highest BCUT2D eigenvalue weighted by atomic mass is 35.5. The molecule has 0 unspecified atom stereocenters. The zero-order valence-electron chi connectivity index (χ0n) is 13.5.